The molecule has 1 aromatic carbocycles. The minimum atomic E-state index is 0.291. The fourth-order valence-corrected chi connectivity index (χ4v) is 1.72. The van der Waals surface area contributed by atoms with Crippen molar-refractivity contribution in [1.29, 1.82) is 0 Å². The van der Waals surface area contributed by atoms with E-state index in [1.54, 1.807) is 24.7 Å². The van der Waals surface area contributed by atoms with E-state index in [0.717, 1.165) is 14.8 Å². The molecule has 0 amide bonds. The van der Waals surface area contributed by atoms with Crippen molar-refractivity contribution in [3.8, 4) is 5.75 Å². The monoisotopic (exact) mass is 324 g/mol. The van der Waals surface area contributed by atoms with Gasteiger partial charge in [0.2, 0.25) is 0 Å². The highest BCUT2D eigenvalue weighted by atomic mass is 127. The molecule has 4 heteroatoms. The third-order valence-corrected chi connectivity index (χ3v) is 2.84. The summed E-state index contributed by atoms with van der Waals surface area (Å²) in [5.41, 5.74) is 1.76. The van der Waals surface area contributed by atoms with Crippen molar-refractivity contribution < 1.29 is 5.11 Å². The maximum atomic E-state index is 9.37. The summed E-state index contributed by atoms with van der Waals surface area (Å²) < 4.78 is 0.813. The number of hydrogen-bond acceptors (Lipinski definition) is 3. The van der Waals surface area contributed by atoms with E-state index in [1.807, 2.05) is 24.3 Å². The fraction of sp³-hybridized carbons (Fsp3) is 0. The molecule has 1 N–H and O–H groups in total. The standard InChI is InChI=1S/C12H9IN2O/c13-11-6-9(3-4-12(11)16)7-15-10-2-1-5-14-8-10/h1-8,16H. The van der Waals surface area contributed by atoms with Gasteiger partial charge < -0.3 is 5.11 Å². The normalized spacial score (nSPS) is 10.8. The Bertz CT molecular complexity index is 512. The Balaban J connectivity index is 2.21. The van der Waals surface area contributed by atoms with Crippen LogP contribution in [-0.4, -0.2) is 16.3 Å². The number of nitrogens with zero attached hydrogens (tertiary/aromatic N) is 2. The number of aliphatic imine (C=N–C) groups is 1. The molecule has 0 aliphatic carbocycles. The quantitative estimate of drug-likeness (QED) is 0.681. The van der Waals surface area contributed by atoms with Crippen LogP contribution >= 0.6 is 22.6 Å². The zero-order chi connectivity index (χ0) is 11.4. The highest BCUT2D eigenvalue weighted by molar-refractivity contribution is 14.1. The van der Waals surface area contributed by atoms with Gasteiger partial charge in [0.25, 0.3) is 0 Å². The lowest BCUT2D eigenvalue weighted by molar-refractivity contribution is 0.471. The van der Waals surface area contributed by atoms with Gasteiger partial charge in [0.05, 0.1) is 15.5 Å². The zero-order valence-electron chi connectivity index (χ0n) is 8.34. The van der Waals surface area contributed by atoms with Crippen LogP contribution in [0.2, 0.25) is 0 Å². The predicted molar refractivity (Wildman–Crippen MR) is 72.3 cm³/mol. The number of phenols is 1. The molecule has 80 valence electrons. The van der Waals surface area contributed by atoms with Crippen LogP contribution in [0.5, 0.6) is 5.75 Å². The summed E-state index contributed by atoms with van der Waals surface area (Å²) in [5.74, 6) is 0.291. The molecule has 1 heterocycles. The molecule has 0 aliphatic rings. The van der Waals surface area contributed by atoms with Gasteiger partial charge in [-0.3, -0.25) is 9.98 Å². The zero-order valence-corrected chi connectivity index (χ0v) is 10.5. The largest absolute Gasteiger partial charge is 0.507 e. The molecule has 0 radical (unpaired) electrons. The van der Waals surface area contributed by atoms with Gasteiger partial charge in [-0.05, 0) is 58.5 Å². The number of pyridine rings is 1. The number of halogens is 1. The molecular formula is C12H9IN2O. The summed E-state index contributed by atoms with van der Waals surface area (Å²) in [6, 6.07) is 9.07. The first-order valence-corrected chi connectivity index (χ1v) is 5.76. The van der Waals surface area contributed by atoms with Gasteiger partial charge in [-0.1, -0.05) is 0 Å². The topological polar surface area (TPSA) is 45.5 Å². The molecule has 0 aliphatic heterocycles. The van der Waals surface area contributed by atoms with Crippen molar-refractivity contribution >= 4 is 34.5 Å². The molecule has 3 nitrogen and oxygen atoms in total. The SMILES string of the molecule is Oc1ccc(C=Nc2cccnc2)cc1I. The number of aromatic hydroxyl groups is 1. The lowest BCUT2D eigenvalue weighted by Gasteiger charge is -1.97. The Labute approximate surface area is 107 Å². The summed E-state index contributed by atoms with van der Waals surface area (Å²) in [6.07, 6.45) is 5.16. The highest BCUT2D eigenvalue weighted by Crippen LogP contribution is 2.19. The van der Waals surface area contributed by atoms with Crippen LogP contribution in [-0.2, 0) is 0 Å². The van der Waals surface area contributed by atoms with Crippen LogP contribution in [0.1, 0.15) is 5.56 Å². The van der Waals surface area contributed by atoms with Crippen molar-refractivity contribution in [3.05, 3.63) is 51.9 Å². The summed E-state index contributed by atoms with van der Waals surface area (Å²) >= 11 is 2.08. The first kappa shape index (κ1) is 11.1. The van der Waals surface area contributed by atoms with E-state index in [0.29, 0.717) is 5.75 Å². The molecule has 16 heavy (non-hydrogen) atoms. The maximum absolute atomic E-state index is 9.37. The minimum absolute atomic E-state index is 0.291. The van der Waals surface area contributed by atoms with Crippen LogP contribution in [0, 0.1) is 3.57 Å². The number of benzene rings is 1. The minimum Gasteiger partial charge on any atom is -0.507 e. The van der Waals surface area contributed by atoms with Crippen LogP contribution in [0.25, 0.3) is 0 Å². The molecule has 0 bridgehead atoms. The third kappa shape index (κ3) is 2.79. The first-order chi connectivity index (χ1) is 7.75. The van der Waals surface area contributed by atoms with Gasteiger partial charge in [0, 0.05) is 12.4 Å². The first-order valence-electron chi connectivity index (χ1n) is 4.68. The molecule has 2 aromatic rings. The van der Waals surface area contributed by atoms with Crippen LogP contribution in [0.3, 0.4) is 0 Å². The van der Waals surface area contributed by atoms with Gasteiger partial charge >= 0.3 is 0 Å². The Morgan fingerprint density at radius 2 is 2.19 bits per heavy atom. The van der Waals surface area contributed by atoms with Gasteiger partial charge in [0.15, 0.2) is 0 Å². The van der Waals surface area contributed by atoms with Gasteiger partial charge in [0.1, 0.15) is 5.75 Å². The van der Waals surface area contributed by atoms with Crippen molar-refractivity contribution in [1.82, 2.24) is 4.98 Å². The summed E-state index contributed by atoms with van der Waals surface area (Å²) in [6.45, 7) is 0. The van der Waals surface area contributed by atoms with E-state index >= 15 is 0 Å². The predicted octanol–water partition coefficient (Wildman–Crippen LogP) is 3.14. The van der Waals surface area contributed by atoms with Gasteiger partial charge in [-0.25, -0.2) is 0 Å². The highest BCUT2D eigenvalue weighted by Gasteiger charge is 1.96. The second kappa shape index (κ2) is 5.07. The van der Waals surface area contributed by atoms with E-state index < -0.39 is 0 Å². The second-order valence-corrected chi connectivity index (χ2v) is 4.34. The Hall–Kier alpha value is -1.43. The smallest absolute Gasteiger partial charge is 0.128 e. The van der Waals surface area contributed by atoms with E-state index in [9.17, 15) is 5.11 Å². The molecular weight excluding hydrogens is 315 g/mol. The number of phenolic OH excluding ortho intramolecular Hbond substituents is 1. The summed E-state index contributed by atoms with van der Waals surface area (Å²) in [5, 5.41) is 9.37. The number of aromatic nitrogens is 1. The molecule has 0 spiro atoms. The molecule has 2 rings (SSSR count). The molecule has 1 aromatic heterocycles. The number of hydrogen-bond donors (Lipinski definition) is 1. The fourth-order valence-electron chi connectivity index (χ4n) is 1.18. The molecule has 0 unspecified atom stereocenters. The Morgan fingerprint density at radius 1 is 1.31 bits per heavy atom. The van der Waals surface area contributed by atoms with Crippen LogP contribution in [0.15, 0.2) is 47.7 Å². The Morgan fingerprint density at radius 3 is 2.88 bits per heavy atom. The maximum Gasteiger partial charge on any atom is 0.128 e. The molecule has 0 fully saturated rings. The van der Waals surface area contributed by atoms with Crippen LogP contribution < -0.4 is 0 Å². The van der Waals surface area contributed by atoms with E-state index in [4.69, 9.17) is 0 Å². The molecule has 0 atom stereocenters. The number of rotatable bonds is 2. The van der Waals surface area contributed by atoms with Crippen molar-refractivity contribution in [3.63, 3.8) is 0 Å². The van der Waals surface area contributed by atoms with Crippen molar-refractivity contribution in [2.24, 2.45) is 4.99 Å². The average molecular weight is 324 g/mol. The van der Waals surface area contributed by atoms with Gasteiger partial charge in [-0.15, -0.1) is 0 Å². The van der Waals surface area contributed by atoms with E-state index in [-0.39, 0.29) is 0 Å². The van der Waals surface area contributed by atoms with Crippen molar-refractivity contribution in [2.45, 2.75) is 0 Å². The second-order valence-electron chi connectivity index (χ2n) is 3.18. The molecule has 0 saturated carbocycles. The van der Waals surface area contributed by atoms with E-state index in [2.05, 4.69) is 32.6 Å². The Kier molecular flexibility index (Phi) is 3.51. The van der Waals surface area contributed by atoms with Gasteiger partial charge in [-0.2, -0.15) is 0 Å². The third-order valence-electron chi connectivity index (χ3n) is 1.98. The van der Waals surface area contributed by atoms with E-state index in [1.165, 1.54) is 0 Å². The summed E-state index contributed by atoms with van der Waals surface area (Å²) in [7, 11) is 0. The van der Waals surface area contributed by atoms with Crippen molar-refractivity contribution in [2.75, 3.05) is 0 Å². The summed E-state index contributed by atoms with van der Waals surface area (Å²) in [4.78, 5) is 8.25. The molecule has 0 saturated heterocycles. The lowest BCUT2D eigenvalue weighted by atomic mass is 10.2. The lowest BCUT2D eigenvalue weighted by Crippen LogP contribution is -1.82. The average Bonchev–Trinajstić information content (AvgIpc) is 2.32. The van der Waals surface area contributed by atoms with Crippen LogP contribution in [0.4, 0.5) is 5.69 Å².